The molecule has 178 valence electrons. The number of aryl methyl sites for hydroxylation is 1. The van der Waals surface area contributed by atoms with E-state index in [2.05, 4.69) is 34.7 Å². The minimum Gasteiger partial charge on any atom is -0.497 e. The molecule has 3 aromatic rings. The molecule has 8 nitrogen and oxygen atoms in total. The molecule has 1 saturated heterocycles. The molecule has 1 aromatic heterocycles. The van der Waals surface area contributed by atoms with Gasteiger partial charge in [-0.1, -0.05) is 6.07 Å². The van der Waals surface area contributed by atoms with E-state index >= 15 is 0 Å². The van der Waals surface area contributed by atoms with Crippen LogP contribution in [0.1, 0.15) is 29.8 Å². The standard InChI is InChI=1S/C26H29N3O5/c1-16(31)29-13-26(14-29)12-28(10-17-4-7-22-23(8-17)34-15-33-22)21(11-30)25-24(26)19-6-5-18(32-3)9-20(19)27(25)2/h4-9,21,30H,10-15H2,1-3H3/t21-/m1/s1. The summed E-state index contributed by atoms with van der Waals surface area (Å²) < 4.78 is 18.7. The van der Waals surface area contributed by atoms with Gasteiger partial charge in [-0.05, 0) is 35.4 Å². The zero-order valence-corrected chi connectivity index (χ0v) is 19.7. The molecule has 0 aliphatic carbocycles. The highest BCUT2D eigenvalue weighted by molar-refractivity contribution is 5.89. The van der Waals surface area contributed by atoms with Crippen molar-refractivity contribution in [3.8, 4) is 17.2 Å². The molecule has 34 heavy (non-hydrogen) atoms. The van der Waals surface area contributed by atoms with Gasteiger partial charge >= 0.3 is 0 Å². The van der Waals surface area contributed by atoms with Crippen LogP contribution in [0.25, 0.3) is 10.9 Å². The molecule has 1 fully saturated rings. The van der Waals surface area contributed by atoms with E-state index in [1.54, 1.807) is 14.0 Å². The molecule has 1 N–H and O–H groups in total. The monoisotopic (exact) mass is 463 g/mol. The number of nitrogens with zero attached hydrogens (tertiary/aromatic N) is 3. The van der Waals surface area contributed by atoms with Gasteiger partial charge in [0.25, 0.3) is 0 Å². The van der Waals surface area contributed by atoms with Gasteiger partial charge in [0, 0.05) is 62.7 Å². The average molecular weight is 464 g/mol. The Labute approximate surface area is 198 Å². The average Bonchev–Trinajstić information content (AvgIpc) is 3.39. The Balaban J connectivity index is 1.46. The topological polar surface area (TPSA) is 76.4 Å². The van der Waals surface area contributed by atoms with Gasteiger partial charge in [0.15, 0.2) is 11.5 Å². The lowest BCUT2D eigenvalue weighted by Crippen LogP contribution is -2.67. The van der Waals surface area contributed by atoms with Crippen molar-refractivity contribution in [3.63, 3.8) is 0 Å². The number of likely N-dealkylation sites (tertiary alicyclic amines) is 1. The molecule has 8 heteroatoms. The second-order valence-electron chi connectivity index (χ2n) is 9.65. The van der Waals surface area contributed by atoms with Gasteiger partial charge < -0.3 is 28.8 Å². The molecule has 0 bridgehead atoms. The predicted octanol–water partition coefficient (Wildman–Crippen LogP) is 2.56. The van der Waals surface area contributed by atoms with Crippen LogP contribution in [0, 0.1) is 0 Å². The maximum atomic E-state index is 12.1. The van der Waals surface area contributed by atoms with Gasteiger partial charge in [0.1, 0.15) is 5.75 Å². The number of benzene rings is 2. The minimum atomic E-state index is -0.183. The van der Waals surface area contributed by atoms with Gasteiger partial charge in [0.2, 0.25) is 12.7 Å². The Kier molecular flexibility index (Phi) is 4.79. The molecule has 2 aromatic carbocycles. The highest BCUT2D eigenvalue weighted by Gasteiger charge is 2.54. The van der Waals surface area contributed by atoms with Gasteiger partial charge in [-0.15, -0.1) is 0 Å². The number of aromatic nitrogens is 1. The zero-order valence-electron chi connectivity index (χ0n) is 19.7. The first kappa shape index (κ1) is 21.3. The molecule has 4 heterocycles. The lowest BCUT2D eigenvalue weighted by Gasteiger charge is -2.56. The molecule has 1 atom stereocenters. The van der Waals surface area contributed by atoms with Crippen LogP contribution in [-0.2, 0) is 23.8 Å². The summed E-state index contributed by atoms with van der Waals surface area (Å²) in [5.74, 6) is 2.42. The van der Waals surface area contributed by atoms with E-state index in [0.717, 1.165) is 40.6 Å². The quantitative estimate of drug-likeness (QED) is 0.641. The molecular weight excluding hydrogens is 434 g/mol. The van der Waals surface area contributed by atoms with Crippen LogP contribution in [0.3, 0.4) is 0 Å². The van der Waals surface area contributed by atoms with Crippen molar-refractivity contribution in [3.05, 3.63) is 53.2 Å². The summed E-state index contributed by atoms with van der Waals surface area (Å²) >= 11 is 0. The number of fused-ring (bicyclic) bond motifs is 5. The summed E-state index contributed by atoms with van der Waals surface area (Å²) in [5.41, 5.74) is 4.36. The van der Waals surface area contributed by atoms with Crippen LogP contribution in [0.4, 0.5) is 0 Å². The van der Waals surface area contributed by atoms with Crippen molar-refractivity contribution in [1.82, 2.24) is 14.4 Å². The van der Waals surface area contributed by atoms with Crippen molar-refractivity contribution < 1.29 is 24.1 Å². The van der Waals surface area contributed by atoms with E-state index in [4.69, 9.17) is 14.2 Å². The molecule has 6 rings (SSSR count). The van der Waals surface area contributed by atoms with Crippen LogP contribution in [0.2, 0.25) is 0 Å². The number of aliphatic hydroxyl groups is 1. The van der Waals surface area contributed by atoms with E-state index in [0.29, 0.717) is 19.6 Å². The van der Waals surface area contributed by atoms with Crippen molar-refractivity contribution in [1.29, 1.82) is 0 Å². The minimum absolute atomic E-state index is 0.00531. The summed E-state index contributed by atoms with van der Waals surface area (Å²) in [4.78, 5) is 16.4. The van der Waals surface area contributed by atoms with E-state index in [1.807, 2.05) is 23.1 Å². The number of carbonyl (C=O) groups excluding carboxylic acids is 1. The van der Waals surface area contributed by atoms with Crippen molar-refractivity contribution >= 4 is 16.8 Å². The summed E-state index contributed by atoms with van der Waals surface area (Å²) in [6.45, 7) is 4.65. The Morgan fingerprint density at radius 3 is 2.68 bits per heavy atom. The lowest BCUT2D eigenvalue weighted by molar-refractivity contribution is -0.138. The highest BCUT2D eigenvalue weighted by Crippen LogP contribution is 2.50. The second kappa shape index (κ2) is 7.65. The molecule has 1 amide bonds. The third kappa shape index (κ3) is 3.02. The van der Waals surface area contributed by atoms with Gasteiger partial charge in [-0.25, -0.2) is 0 Å². The van der Waals surface area contributed by atoms with Crippen LogP contribution in [0.15, 0.2) is 36.4 Å². The van der Waals surface area contributed by atoms with Gasteiger partial charge in [-0.3, -0.25) is 9.69 Å². The smallest absolute Gasteiger partial charge is 0.231 e. The fraction of sp³-hybridized carbons (Fsp3) is 0.423. The first-order valence-corrected chi connectivity index (χ1v) is 11.6. The predicted molar refractivity (Wildman–Crippen MR) is 126 cm³/mol. The number of methoxy groups -OCH3 is 1. The van der Waals surface area contributed by atoms with Crippen molar-refractivity contribution in [2.75, 3.05) is 40.1 Å². The molecule has 1 spiro atoms. The number of ether oxygens (including phenoxy) is 3. The first-order valence-electron chi connectivity index (χ1n) is 11.6. The number of amides is 1. The van der Waals surface area contributed by atoms with Crippen LogP contribution < -0.4 is 14.2 Å². The third-order valence-electron chi connectivity index (χ3n) is 7.67. The summed E-state index contributed by atoms with van der Waals surface area (Å²) in [5, 5.41) is 11.8. The van der Waals surface area contributed by atoms with E-state index in [-0.39, 0.29) is 30.8 Å². The Hall–Kier alpha value is -3.23. The molecule has 3 aliphatic rings. The van der Waals surface area contributed by atoms with Crippen LogP contribution in [0.5, 0.6) is 17.2 Å². The highest BCUT2D eigenvalue weighted by atomic mass is 16.7. The van der Waals surface area contributed by atoms with Gasteiger partial charge in [-0.2, -0.15) is 0 Å². The third-order valence-corrected chi connectivity index (χ3v) is 7.67. The lowest BCUT2D eigenvalue weighted by atomic mass is 9.68. The normalized spacial score (nSPS) is 20.5. The van der Waals surface area contributed by atoms with Crippen molar-refractivity contribution in [2.24, 2.45) is 7.05 Å². The number of hydrogen-bond donors (Lipinski definition) is 1. The largest absolute Gasteiger partial charge is 0.497 e. The fourth-order valence-corrected chi connectivity index (χ4v) is 6.07. The van der Waals surface area contributed by atoms with Crippen LogP contribution in [-0.4, -0.2) is 65.5 Å². The molecule has 3 aliphatic heterocycles. The Bertz CT molecular complexity index is 1290. The summed E-state index contributed by atoms with van der Waals surface area (Å²) in [6, 6.07) is 12.0. The maximum Gasteiger partial charge on any atom is 0.231 e. The summed E-state index contributed by atoms with van der Waals surface area (Å²) in [6.07, 6.45) is 0. The van der Waals surface area contributed by atoms with Crippen LogP contribution >= 0.6 is 0 Å². The Morgan fingerprint density at radius 2 is 1.94 bits per heavy atom. The fourth-order valence-electron chi connectivity index (χ4n) is 6.07. The van der Waals surface area contributed by atoms with E-state index < -0.39 is 0 Å². The maximum absolute atomic E-state index is 12.1. The second-order valence-corrected chi connectivity index (χ2v) is 9.65. The van der Waals surface area contributed by atoms with Crippen molar-refractivity contribution in [2.45, 2.75) is 24.9 Å². The van der Waals surface area contributed by atoms with E-state index in [1.165, 1.54) is 10.9 Å². The number of carbonyl (C=O) groups is 1. The molecule has 0 saturated carbocycles. The molecule has 0 radical (unpaired) electrons. The van der Waals surface area contributed by atoms with E-state index in [9.17, 15) is 9.90 Å². The Morgan fingerprint density at radius 1 is 1.15 bits per heavy atom. The SMILES string of the molecule is COc1ccc2c3c(n(C)c2c1)[C@@H](CO)N(Cc1ccc2c(c1)OCO2)CC31CN(C(C)=O)C1. The van der Waals surface area contributed by atoms with Gasteiger partial charge in [0.05, 0.1) is 25.3 Å². The molecule has 0 unspecified atom stereocenters. The number of rotatable bonds is 4. The number of aliphatic hydroxyl groups excluding tert-OH is 1. The zero-order chi connectivity index (χ0) is 23.6. The number of hydrogen-bond acceptors (Lipinski definition) is 6. The molecular formula is C26H29N3O5. The summed E-state index contributed by atoms with van der Waals surface area (Å²) in [7, 11) is 3.73. The first-order chi connectivity index (χ1) is 16.4.